The van der Waals surface area contributed by atoms with Gasteiger partial charge in [-0.15, -0.1) is 0 Å². The van der Waals surface area contributed by atoms with Crippen LogP contribution in [0.15, 0.2) is 42.7 Å². The summed E-state index contributed by atoms with van der Waals surface area (Å²) in [6.45, 7) is 7.42. The maximum atomic E-state index is 5.82. The Morgan fingerprint density at radius 3 is 2.26 bits per heavy atom. The van der Waals surface area contributed by atoms with Crippen molar-refractivity contribution in [2.75, 3.05) is 0 Å². The van der Waals surface area contributed by atoms with Crippen molar-refractivity contribution in [2.45, 2.75) is 45.7 Å². The van der Waals surface area contributed by atoms with E-state index >= 15 is 0 Å². The van der Waals surface area contributed by atoms with E-state index in [4.69, 9.17) is 5.73 Å². The summed E-state index contributed by atoms with van der Waals surface area (Å²) in [5, 5.41) is 0. The van der Waals surface area contributed by atoms with Gasteiger partial charge in [0.2, 0.25) is 0 Å². The SMILES string of the molecule is CC(N)Cc1ccn(Cc2ccc(C(C)C)cc2)c1. The van der Waals surface area contributed by atoms with Crippen molar-refractivity contribution >= 4 is 0 Å². The molecule has 2 N–H and O–H groups in total. The number of rotatable bonds is 5. The average Bonchev–Trinajstić information content (AvgIpc) is 2.76. The molecule has 1 atom stereocenters. The highest BCUT2D eigenvalue weighted by molar-refractivity contribution is 5.25. The first-order valence-electron chi connectivity index (χ1n) is 7.03. The summed E-state index contributed by atoms with van der Waals surface area (Å²) in [7, 11) is 0. The van der Waals surface area contributed by atoms with Gasteiger partial charge in [-0.3, -0.25) is 0 Å². The van der Waals surface area contributed by atoms with E-state index in [-0.39, 0.29) is 6.04 Å². The molecule has 1 aromatic heterocycles. The van der Waals surface area contributed by atoms with Gasteiger partial charge in [0.1, 0.15) is 0 Å². The van der Waals surface area contributed by atoms with Crippen molar-refractivity contribution in [2.24, 2.45) is 5.73 Å². The fourth-order valence-electron chi connectivity index (χ4n) is 2.30. The van der Waals surface area contributed by atoms with Crippen molar-refractivity contribution in [3.8, 4) is 0 Å². The Bertz CT molecular complexity index is 506. The van der Waals surface area contributed by atoms with Gasteiger partial charge in [0.25, 0.3) is 0 Å². The van der Waals surface area contributed by atoms with Gasteiger partial charge >= 0.3 is 0 Å². The van der Waals surface area contributed by atoms with Crippen LogP contribution in [0.2, 0.25) is 0 Å². The molecule has 19 heavy (non-hydrogen) atoms. The highest BCUT2D eigenvalue weighted by Crippen LogP contribution is 2.15. The molecule has 0 saturated carbocycles. The van der Waals surface area contributed by atoms with Crippen molar-refractivity contribution in [1.29, 1.82) is 0 Å². The summed E-state index contributed by atoms with van der Waals surface area (Å²) in [5.74, 6) is 0.596. The van der Waals surface area contributed by atoms with Gasteiger partial charge in [-0.2, -0.15) is 0 Å². The second-order valence-electron chi connectivity index (χ2n) is 5.77. The van der Waals surface area contributed by atoms with E-state index in [9.17, 15) is 0 Å². The predicted octanol–water partition coefficient (Wildman–Crippen LogP) is 3.55. The molecule has 0 saturated heterocycles. The molecule has 0 bridgehead atoms. The molecule has 0 radical (unpaired) electrons. The van der Waals surface area contributed by atoms with Crippen LogP contribution in [0.25, 0.3) is 0 Å². The fraction of sp³-hybridized carbons (Fsp3) is 0.412. The molecule has 2 rings (SSSR count). The lowest BCUT2D eigenvalue weighted by Gasteiger charge is -2.08. The molecular weight excluding hydrogens is 232 g/mol. The Hall–Kier alpha value is -1.54. The van der Waals surface area contributed by atoms with Gasteiger partial charge in [-0.1, -0.05) is 38.1 Å². The zero-order valence-electron chi connectivity index (χ0n) is 12.1. The standard InChI is InChI=1S/C17H24N2/c1-13(2)17-6-4-15(5-7-17)11-19-9-8-16(12-19)10-14(3)18/h4-9,12-14H,10-11,18H2,1-3H3. The molecule has 2 nitrogen and oxygen atoms in total. The first-order valence-corrected chi connectivity index (χ1v) is 7.03. The molecule has 102 valence electrons. The molecule has 0 fully saturated rings. The normalized spacial score (nSPS) is 12.9. The molecule has 2 heteroatoms. The Morgan fingerprint density at radius 2 is 1.68 bits per heavy atom. The van der Waals surface area contributed by atoms with Gasteiger partial charge in [0.05, 0.1) is 0 Å². The predicted molar refractivity (Wildman–Crippen MR) is 81.4 cm³/mol. The lowest BCUT2D eigenvalue weighted by molar-refractivity contribution is 0.731. The summed E-state index contributed by atoms with van der Waals surface area (Å²) < 4.78 is 2.22. The summed E-state index contributed by atoms with van der Waals surface area (Å²) in [6, 6.07) is 11.3. The van der Waals surface area contributed by atoms with Crippen LogP contribution in [0.5, 0.6) is 0 Å². The highest BCUT2D eigenvalue weighted by Gasteiger charge is 2.02. The average molecular weight is 256 g/mol. The van der Waals surface area contributed by atoms with E-state index < -0.39 is 0 Å². The van der Waals surface area contributed by atoms with Gasteiger partial charge in [0, 0.05) is 25.0 Å². The van der Waals surface area contributed by atoms with Gasteiger partial charge < -0.3 is 10.3 Å². The van der Waals surface area contributed by atoms with Crippen molar-refractivity contribution < 1.29 is 0 Å². The van der Waals surface area contributed by atoms with Crippen LogP contribution in [0, 0.1) is 0 Å². The molecule has 0 spiro atoms. The summed E-state index contributed by atoms with van der Waals surface area (Å²) in [6.07, 6.45) is 5.27. The second-order valence-corrected chi connectivity index (χ2v) is 5.77. The van der Waals surface area contributed by atoms with Crippen LogP contribution < -0.4 is 5.73 Å². The number of hydrogen-bond acceptors (Lipinski definition) is 1. The summed E-state index contributed by atoms with van der Waals surface area (Å²) in [5.41, 5.74) is 9.87. The van der Waals surface area contributed by atoms with E-state index in [1.165, 1.54) is 16.7 Å². The molecule has 0 aliphatic rings. The number of nitrogens with two attached hydrogens (primary N) is 1. The monoisotopic (exact) mass is 256 g/mol. The third kappa shape index (κ3) is 3.97. The minimum absolute atomic E-state index is 0.223. The Labute approximate surface area is 116 Å². The molecular formula is C17H24N2. The van der Waals surface area contributed by atoms with E-state index in [2.05, 4.69) is 61.1 Å². The van der Waals surface area contributed by atoms with Crippen LogP contribution in [0.1, 0.15) is 43.4 Å². The van der Waals surface area contributed by atoms with Crippen molar-refractivity contribution in [1.82, 2.24) is 4.57 Å². The number of aromatic nitrogens is 1. The lowest BCUT2D eigenvalue weighted by atomic mass is 10.0. The maximum Gasteiger partial charge on any atom is 0.0470 e. The van der Waals surface area contributed by atoms with E-state index in [0.29, 0.717) is 5.92 Å². The zero-order valence-corrected chi connectivity index (χ0v) is 12.1. The van der Waals surface area contributed by atoms with Gasteiger partial charge in [-0.05, 0) is 42.0 Å². The molecule has 1 heterocycles. The molecule has 1 aromatic carbocycles. The molecule has 0 aliphatic carbocycles. The van der Waals surface area contributed by atoms with E-state index in [1.807, 2.05) is 6.92 Å². The minimum Gasteiger partial charge on any atom is -0.350 e. The van der Waals surface area contributed by atoms with Crippen LogP contribution in [0.3, 0.4) is 0 Å². The molecule has 0 aliphatic heterocycles. The summed E-state index contributed by atoms with van der Waals surface area (Å²) >= 11 is 0. The Balaban J connectivity index is 2.02. The van der Waals surface area contributed by atoms with Crippen LogP contribution in [-0.4, -0.2) is 10.6 Å². The van der Waals surface area contributed by atoms with Crippen LogP contribution in [-0.2, 0) is 13.0 Å². The van der Waals surface area contributed by atoms with E-state index in [0.717, 1.165) is 13.0 Å². The third-order valence-electron chi connectivity index (χ3n) is 3.38. The Kier molecular flexibility index (Phi) is 4.43. The smallest absolute Gasteiger partial charge is 0.0470 e. The lowest BCUT2D eigenvalue weighted by Crippen LogP contribution is -2.17. The van der Waals surface area contributed by atoms with Crippen molar-refractivity contribution in [3.63, 3.8) is 0 Å². The number of hydrogen-bond donors (Lipinski definition) is 1. The molecule has 1 unspecified atom stereocenters. The maximum absolute atomic E-state index is 5.82. The zero-order chi connectivity index (χ0) is 13.8. The van der Waals surface area contributed by atoms with Crippen LogP contribution in [0.4, 0.5) is 0 Å². The van der Waals surface area contributed by atoms with Gasteiger partial charge in [0.15, 0.2) is 0 Å². The molecule has 0 amide bonds. The minimum atomic E-state index is 0.223. The number of nitrogens with zero attached hydrogens (tertiary/aromatic N) is 1. The third-order valence-corrected chi connectivity index (χ3v) is 3.38. The van der Waals surface area contributed by atoms with Gasteiger partial charge in [-0.25, -0.2) is 0 Å². The first-order chi connectivity index (χ1) is 9.04. The topological polar surface area (TPSA) is 30.9 Å². The highest BCUT2D eigenvalue weighted by atomic mass is 14.9. The van der Waals surface area contributed by atoms with Crippen molar-refractivity contribution in [3.05, 3.63) is 59.4 Å². The largest absolute Gasteiger partial charge is 0.350 e. The molecule has 2 aromatic rings. The van der Waals surface area contributed by atoms with Crippen LogP contribution >= 0.6 is 0 Å². The summed E-state index contributed by atoms with van der Waals surface area (Å²) in [4.78, 5) is 0. The first kappa shape index (κ1) is 13.9. The quantitative estimate of drug-likeness (QED) is 0.871. The number of benzene rings is 1. The van der Waals surface area contributed by atoms with E-state index in [1.54, 1.807) is 0 Å². The Morgan fingerprint density at radius 1 is 1.00 bits per heavy atom. The fourth-order valence-corrected chi connectivity index (χ4v) is 2.30. The second kappa shape index (κ2) is 6.07.